The van der Waals surface area contributed by atoms with Gasteiger partial charge < -0.3 is 5.32 Å². The van der Waals surface area contributed by atoms with Gasteiger partial charge in [0.05, 0.1) is 11.7 Å². The molecule has 0 spiro atoms. The number of aromatic nitrogens is 2. The molecule has 3 nitrogen and oxygen atoms in total. The molecule has 0 aliphatic carbocycles. The van der Waals surface area contributed by atoms with Gasteiger partial charge in [-0.15, -0.1) is 0 Å². The van der Waals surface area contributed by atoms with Crippen LogP contribution < -0.4 is 5.32 Å². The molecule has 2 heterocycles. The standard InChI is InChI=1S/C14H17N3/c1-3-16-14(12-7-5-9-15-10-12)13-8-4-6-11(2)17-13/h4-10,14,16H,3H2,1-2H3. The molecule has 0 fully saturated rings. The van der Waals surface area contributed by atoms with Crippen molar-refractivity contribution < 1.29 is 0 Å². The molecular weight excluding hydrogens is 210 g/mol. The van der Waals surface area contributed by atoms with Gasteiger partial charge in [0.2, 0.25) is 0 Å². The van der Waals surface area contributed by atoms with Crippen LogP contribution in [0.2, 0.25) is 0 Å². The predicted molar refractivity (Wildman–Crippen MR) is 68.7 cm³/mol. The van der Waals surface area contributed by atoms with Crippen molar-refractivity contribution in [1.29, 1.82) is 0 Å². The molecule has 1 N–H and O–H groups in total. The summed E-state index contributed by atoms with van der Waals surface area (Å²) in [5.41, 5.74) is 3.22. The Kier molecular flexibility index (Phi) is 3.83. The van der Waals surface area contributed by atoms with E-state index in [1.807, 2.05) is 37.4 Å². The summed E-state index contributed by atoms with van der Waals surface area (Å²) in [4.78, 5) is 8.75. The van der Waals surface area contributed by atoms with Gasteiger partial charge in [-0.2, -0.15) is 0 Å². The normalized spacial score (nSPS) is 12.4. The van der Waals surface area contributed by atoms with Gasteiger partial charge in [-0.05, 0) is 37.2 Å². The van der Waals surface area contributed by atoms with Crippen LogP contribution in [0.1, 0.15) is 29.9 Å². The molecule has 0 saturated heterocycles. The summed E-state index contributed by atoms with van der Waals surface area (Å²) in [6.07, 6.45) is 3.67. The van der Waals surface area contributed by atoms with Crippen LogP contribution in [0.15, 0.2) is 42.7 Å². The predicted octanol–water partition coefficient (Wildman–Crippen LogP) is 2.48. The van der Waals surface area contributed by atoms with Crippen LogP contribution in [0.4, 0.5) is 0 Å². The summed E-state index contributed by atoms with van der Waals surface area (Å²) in [6.45, 7) is 5.00. The molecule has 0 saturated carbocycles. The van der Waals surface area contributed by atoms with Crippen molar-refractivity contribution >= 4 is 0 Å². The zero-order chi connectivity index (χ0) is 12.1. The Morgan fingerprint density at radius 3 is 2.76 bits per heavy atom. The Balaban J connectivity index is 2.35. The molecule has 0 amide bonds. The topological polar surface area (TPSA) is 37.8 Å². The summed E-state index contributed by atoms with van der Waals surface area (Å²) >= 11 is 0. The van der Waals surface area contributed by atoms with E-state index < -0.39 is 0 Å². The zero-order valence-electron chi connectivity index (χ0n) is 10.2. The van der Waals surface area contributed by atoms with Gasteiger partial charge >= 0.3 is 0 Å². The van der Waals surface area contributed by atoms with Crippen molar-refractivity contribution in [1.82, 2.24) is 15.3 Å². The third kappa shape index (κ3) is 2.88. The fourth-order valence-electron chi connectivity index (χ4n) is 1.87. The van der Waals surface area contributed by atoms with Gasteiger partial charge in [-0.1, -0.05) is 19.1 Å². The van der Waals surface area contributed by atoms with Crippen LogP contribution in [-0.2, 0) is 0 Å². The summed E-state index contributed by atoms with van der Waals surface area (Å²) in [5, 5.41) is 3.44. The van der Waals surface area contributed by atoms with Crippen LogP contribution in [0.25, 0.3) is 0 Å². The van der Waals surface area contributed by atoms with Crippen LogP contribution in [-0.4, -0.2) is 16.5 Å². The second-order valence-corrected chi connectivity index (χ2v) is 3.98. The molecule has 2 aromatic heterocycles. The minimum absolute atomic E-state index is 0.119. The lowest BCUT2D eigenvalue weighted by molar-refractivity contribution is 0.612. The third-order valence-corrected chi connectivity index (χ3v) is 2.63. The lowest BCUT2D eigenvalue weighted by atomic mass is 10.0. The summed E-state index contributed by atoms with van der Waals surface area (Å²) in [7, 11) is 0. The first-order valence-corrected chi connectivity index (χ1v) is 5.88. The SMILES string of the molecule is CCNC(c1cccnc1)c1cccc(C)n1. The highest BCUT2D eigenvalue weighted by Gasteiger charge is 2.13. The molecule has 1 atom stereocenters. The fraction of sp³-hybridized carbons (Fsp3) is 0.286. The summed E-state index contributed by atoms with van der Waals surface area (Å²) in [5.74, 6) is 0. The second kappa shape index (κ2) is 5.55. The Labute approximate surface area is 102 Å². The molecule has 0 radical (unpaired) electrons. The molecule has 0 bridgehead atoms. The maximum atomic E-state index is 4.58. The quantitative estimate of drug-likeness (QED) is 0.872. The number of pyridine rings is 2. The first-order chi connectivity index (χ1) is 8.31. The number of hydrogen-bond acceptors (Lipinski definition) is 3. The first kappa shape index (κ1) is 11.7. The zero-order valence-corrected chi connectivity index (χ0v) is 10.2. The number of rotatable bonds is 4. The highest BCUT2D eigenvalue weighted by Crippen LogP contribution is 2.19. The van der Waals surface area contributed by atoms with Crippen LogP contribution in [0.5, 0.6) is 0 Å². The van der Waals surface area contributed by atoms with Crippen molar-refractivity contribution in [3.63, 3.8) is 0 Å². The monoisotopic (exact) mass is 227 g/mol. The van der Waals surface area contributed by atoms with E-state index in [0.717, 1.165) is 23.5 Å². The Morgan fingerprint density at radius 2 is 2.12 bits per heavy atom. The van der Waals surface area contributed by atoms with E-state index >= 15 is 0 Å². The van der Waals surface area contributed by atoms with E-state index in [1.165, 1.54) is 0 Å². The van der Waals surface area contributed by atoms with E-state index in [0.29, 0.717) is 0 Å². The Hall–Kier alpha value is -1.74. The molecule has 0 aromatic carbocycles. The molecular formula is C14H17N3. The van der Waals surface area contributed by atoms with Gasteiger partial charge in [-0.3, -0.25) is 9.97 Å². The van der Waals surface area contributed by atoms with Gasteiger partial charge in [0.15, 0.2) is 0 Å². The third-order valence-electron chi connectivity index (χ3n) is 2.63. The second-order valence-electron chi connectivity index (χ2n) is 3.98. The van der Waals surface area contributed by atoms with E-state index in [1.54, 1.807) is 6.20 Å². The minimum Gasteiger partial charge on any atom is -0.305 e. The molecule has 0 aliphatic heterocycles. The maximum Gasteiger partial charge on any atom is 0.0766 e. The number of hydrogen-bond donors (Lipinski definition) is 1. The number of nitrogens with zero attached hydrogens (tertiary/aromatic N) is 2. The van der Waals surface area contributed by atoms with E-state index in [-0.39, 0.29) is 6.04 Å². The molecule has 2 rings (SSSR count). The van der Waals surface area contributed by atoms with Gasteiger partial charge in [-0.25, -0.2) is 0 Å². The van der Waals surface area contributed by atoms with E-state index in [2.05, 4.69) is 28.3 Å². The van der Waals surface area contributed by atoms with Crippen molar-refractivity contribution in [2.45, 2.75) is 19.9 Å². The van der Waals surface area contributed by atoms with Gasteiger partial charge in [0, 0.05) is 18.1 Å². The fourth-order valence-corrected chi connectivity index (χ4v) is 1.87. The maximum absolute atomic E-state index is 4.58. The van der Waals surface area contributed by atoms with Crippen molar-refractivity contribution in [3.8, 4) is 0 Å². The van der Waals surface area contributed by atoms with Crippen LogP contribution >= 0.6 is 0 Å². The minimum atomic E-state index is 0.119. The molecule has 88 valence electrons. The van der Waals surface area contributed by atoms with E-state index in [9.17, 15) is 0 Å². The smallest absolute Gasteiger partial charge is 0.0766 e. The lowest BCUT2D eigenvalue weighted by Gasteiger charge is -2.17. The van der Waals surface area contributed by atoms with Gasteiger partial charge in [0.1, 0.15) is 0 Å². The van der Waals surface area contributed by atoms with Crippen molar-refractivity contribution in [3.05, 3.63) is 59.7 Å². The number of aryl methyl sites for hydroxylation is 1. The average Bonchev–Trinajstić information content (AvgIpc) is 2.37. The molecule has 0 aliphatic rings. The molecule has 17 heavy (non-hydrogen) atoms. The molecule has 3 heteroatoms. The van der Waals surface area contributed by atoms with E-state index in [4.69, 9.17) is 0 Å². The summed E-state index contributed by atoms with van der Waals surface area (Å²) in [6, 6.07) is 10.2. The average molecular weight is 227 g/mol. The first-order valence-electron chi connectivity index (χ1n) is 5.88. The number of nitrogens with one attached hydrogen (secondary N) is 1. The van der Waals surface area contributed by atoms with Crippen molar-refractivity contribution in [2.24, 2.45) is 0 Å². The van der Waals surface area contributed by atoms with Crippen molar-refractivity contribution in [2.75, 3.05) is 6.54 Å². The van der Waals surface area contributed by atoms with Crippen LogP contribution in [0, 0.1) is 6.92 Å². The highest BCUT2D eigenvalue weighted by molar-refractivity contribution is 5.26. The summed E-state index contributed by atoms with van der Waals surface area (Å²) < 4.78 is 0. The lowest BCUT2D eigenvalue weighted by Crippen LogP contribution is -2.23. The molecule has 1 unspecified atom stereocenters. The van der Waals surface area contributed by atoms with Crippen LogP contribution in [0.3, 0.4) is 0 Å². The molecule has 2 aromatic rings. The highest BCUT2D eigenvalue weighted by atomic mass is 14.9. The largest absolute Gasteiger partial charge is 0.305 e. The Bertz CT molecular complexity index is 468. The van der Waals surface area contributed by atoms with Gasteiger partial charge in [0.25, 0.3) is 0 Å². The Morgan fingerprint density at radius 1 is 1.24 bits per heavy atom.